The quantitative estimate of drug-likeness (QED) is 0.605. The second-order valence-corrected chi connectivity index (χ2v) is 8.27. The summed E-state index contributed by atoms with van der Waals surface area (Å²) in [5, 5.41) is 14.4. The third-order valence-electron chi connectivity index (χ3n) is 4.33. The molecule has 8 nitrogen and oxygen atoms in total. The molecule has 1 saturated carbocycles. The number of morpholine rings is 1. The van der Waals surface area contributed by atoms with Gasteiger partial charge in [-0.3, -0.25) is 15.0 Å². The minimum Gasteiger partial charge on any atom is -0.377 e. The Kier molecular flexibility index (Phi) is 4.75. The lowest BCUT2D eigenvalue weighted by atomic mass is 10.2. The number of ether oxygens (including phenoxy) is 1. The second-order valence-electron chi connectivity index (χ2n) is 6.28. The molecule has 1 N–H and O–H groups in total. The van der Waals surface area contributed by atoms with Crippen molar-refractivity contribution in [3.63, 3.8) is 0 Å². The molecule has 0 radical (unpaired) electrons. The van der Waals surface area contributed by atoms with Crippen molar-refractivity contribution in [1.82, 2.24) is 4.90 Å². The van der Waals surface area contributed by atoms with E-state index in [1.54, 1.807) is 0 Å². The molecule has 24 heavy (non-hydrogen) atoms. The molecule has 0 amide bonds. The van der Waals surface area contributed by atoms with Crippen molar-refractivity contribution in [2.24, 2.45) is 0 Å². The Labute approximate surface area is 140 Å². The largest absolute Gasteiger partial charge is 0.377 e. The van der Waals surface area contributed by atoms with Crippen LogP contribution in [-0.4, -0.2) is 62.9 Å². The molecule has 1 atom stereocenters. The van der Waals surface area contributed by atoms with Crippen LogP contribution in [-0.2, 0) is 14.6 Å². The number of para-hydroxylation sites is 1. The van der Waals surface area contributed by atoms with Crippen LogP contribution >= 0.6 is 0 Å². The fourth-order valence-electron chi connectivity index (χ4n) is 3.01. The van der Waals surface area contributed by atoms with E-state index in [-0.39, 0.29) is 16.7 Å². The van der Waals surface area contributed by atoms with Crippen molar-refractivity contribution in [2.45, 2.75) is 29.9 Å². The lowest BCUT2D eigenvalue weighted by Crippen LogP contribution is -2.46. The third-order valence-corrected chi connectivity index (χ3v) is 5.46. The van der Waals surface area contributed by atoms with Gasteiger partial charge in [-0.15, -0.1) is 0 Å². The Balaban J connectivity index is 1.74. The zero-order valence-electron chi connectivity index (χ0n) is 13.5. The van der Waals surface area contributed by atoms with Crippen LogP contribution in [0.5, 0.6) is 0 Å². The van der Waals surface area contributed by atoms with Gasteiger partial charge in [0.15, 0.2) is 9.84 Å². The maximum absolute atomic E-state index is 11.8. The predicted molar refractivity (Wildman–Crippen MR) is 89.0 cm³/mol. The van der Waals surface area contributed by atoms with E-state index in [0.29, 0.717) is 19.2 Å². The van der Waals surface area contributed by atoms with E-state index in [9.17, 15) is 18.5 Å². The first-order chi connectivity index (χ1) is 11.4. The SMILES string of the molecule is CS(=O)(=O)c1cccc(NCC2CN(C3CC3)CCO2)c1[N+](=O)[O-]. The van der Waals surface area contributed by atoms with Crippen molar-refractivity contribution < 1.29 is 18.1 Å². The summed E-state index contributed by atoms with van der Waals surface area (Å²) in [6, 6.07) is 4.93. The molecule has 9 heteroatoms. The van der Waals surface area contributed by atoms with E-state index in [1.807, 2.05) is 0 Å². The molecule has 0 spiro atoms. The number of benzene rings is 1. The molecule has 0 aromatic heterocycles. The summed E-state index contributed by atoms with van der Waals surface area (Å²) < 4.78 is 29.3. The molecule has 1 saturated heterocycles. The standard InChI is InChI=1S/C15H21N3O5S/c1-24(21,22)14-4-2-3-13(15(14)18(19)20)16-9-12-10-17(7-8-23-12)11-5-6-11/h2-4,11-12,16H,5-10H2,1H3. The minimum atomic E-state index is -3.68. The fraction of sp³-hybridized carbons (Fsp3) is 0.600. The Morgan fingerprint density at radius 1 is 1.42 bits per heavy atom. The van der Waals surface area contributed by atoms with Gasteiger partial charge in [-0.2, -0.15) is 0 Å². The number of nitrogens with zero attached hydrogens (tertiary/aromatic N) is 2. The number of nitrogens with one attached hydrogen (secondary N) is 1. The average Bonchev–Trinajstić information content (AvgIpc) is 3.36. The lowest BCUT2D eigenvalue weighted by Gasteiger charge is -2.33. The number of hydrogen-bond acceptors (Lipinski definition) is 7. The summed E-state index contributed by atoms with van der Waals surface area (Å²) in [5.74, 6) is 0. The number of nitro benzene ring substituents is 1. The molecule has 2 fully saturated rings. The van der Waals surface area contributed by atoms with Gasteiger partial charge in [0, 0.05) is 31.9 Å². The zero-order valence-corrected chi connectivity index (χ0v) is 14.3. The topological polar surface area (TPSA) is 102 Å². The Bertz CT molecular complexity index is 733. The molecule has 1 aliphatic heterocycles. The maximum Gasteiger partial charge on any atom is 0.310 e. The van der Waals surface area contributed by atoms with Gasteiger partial charge in [0.05, 0.1) is 17.6 Å². The normalized spacial score (nSPS) is 22.3. The van der Waals surface area contributed by atoms with E-state index in [1.165, 1.54) is 31.0 Å². The third kappa shape index (κ3) is 3.85. The highest BCUT2D eigenvalue weighted by Crippen LogP contribution is 2.32. The molecule has 1 heterocycles. The van der Waals surface area contributed by atoms with Crippen LogP contribution < -0.4 is 5.32 Å². The first kappa shape index (κ1) is 17.1. The summed E-state index contributed by atoms with van der Waals surface area (Å²) in [6.07, 6.45) is 3.35. The number of anilines is 1. The van der Waals surface area contributed by atoms with Crippen molar-refractivity contribution >= 4 is 21.2 Å². The number of rotatable bonds is 6. The van der Waals surface area contributed by atoms with Gasteiger partial charge in [0.2, 0.25) is 0 Å². The highest BCUT2D eigenvalue weighted by atomic mass is 32.2. The Hall–Kier alpha value is -1.71. The molecule has 132 valence electrons. The van der Waals surface area contributed by atoms with Crippen molar-refractivity contribution in [3.8, 4) is 0 Å². The summed E-state index contributed by atoms with van der Waals surface area (Å²) >= 11 is 0. The van der Waals surface area contributed by atoms with Gasteiger partial charge in [-0.05, 0) is 25.0 Å². The summed E-state index contributed by atoms with van der Waals surface area (Å²) in [7, 11) is -3.68. The predicted octanol–water partition coefficient (Wildman–Crippen LogP) is 1.27. The van der Waals surface area contributed by atoms with Gasteiger partial charge < -0.3 is 10.1 Å². The second kappa shape index (κ2) is 6.66. The van der Waals surface area contributed by atoms with E-state index < -0.39 is 20.4 Å². The Morgan fingerprint density at radius 3 is 2.79 bits per heavy atom. The van der Waals surface area contributed by atoms with Crippen LogP contribution in [0.2, 0.25) is 0 Å². The van der Waals surface area contributed by atoms with E-state index in [2.05, 4.69) is 10.2 Å². The molecule has 1 aromatic rings. The van der Waals surface area contributed by atoms with Gasteiger partial charge in [-0.1, -0.05) is 6.07 Å². The average molecular weight is 355 g/mol. The summed E-state index contributed by atoms with van der Waals surface area (Å²) in [4.78, 5) is 12.8. The molecule has 1 aliphatic carbocycles. The number of hydrogen-bond donors (Lipinski definition) is 1. The lowest BCUT2D eigenvalue weighted by molar-refractivity contribution is -0.386. The van der Waals surface area contributed by atoms with Crippen LogP contribution in [0.3, 0.4) is 0 Å². The highest BCUT2D eigenvalue weighted by molar-refractivity contribution is 7.90. The van der Waals surface area contributed by atoms with Crippen LogP contribution in [0.4, 0.5) is 11.4 Å². The molecule has 2 aliphatic rings. The summed E-state index contributed by atoms with van der Waals surface area (Å²) in [6.45, 7) is 2.76. The van der Waals surface area contributed by atoms with Crippen LogP contribution in [0, 0.1) is 10.1 Å². The smallest absolute Gasteiger partial charge is 0.310 e. The molecule has 1 aromatic carbocycles. The monoisotopic (exact) mass is 355 g/mol. The van der Waals surface area contributed by atoms with E-state index >= 15 is 0 Å². The van der Waals surface area contributed by atoms with Gasteiger partial charge in [0.25, 0.3) is 0 Å². The highest BCUT2D eigenvalue weighted by Gasteiger charge is 2.33. The first-order valence-electron chi connectivity index (χ1n) is 7.93. The number of nitro groups is 1. The number of sulfone groups is 1. The van der Waals surface area contributed by atoms with E-state index in [0.717, 1.165) is 19.3 Å². The van der Waals surface area contributed by atoms with Crippen LogP contribution in [0.25, 0.3) is 0 Å². The fourth-order valence-corrected chi connectivity index (χ4v) is 3.87. The minimum absolute atomic E-state index is 0.0687. The van der Waals surface area contributed by atoms with Gasteiger partial charge in [0.1, 0.15) is 10.6 Å². The van der Waals surface area contributed by atoms with Crippen LogP contribution in [0.15, 0.2) is 23.1 Å². The van der Waals surface area contributed by atoms with E-state index in [4.69, 9.17) is 4.74 Å². The summed E-state index contributed by atoms with van der Waals surface area (Å²) in [5.41, 5.74) is -0.204. The van der Waals surface area contributed by atoms with Crippen molar-refractivity contribution in [3.05, 3.63) is 28.3 Å². The zero-order chi connectivity index (χ0) is 17.3. The molecular weight excluding hydrogens is 334 g/mol. The van der Waals surface area contributed by atoms with Crippen LogP contribution in [0.1, 0.15) is 12.8 Å². The molecule has 3 rings (SSSR count). The van der Waals surface area contributed by atoms with Gasteiger partial charge in [-0.25, -0.2) is 8.42 Å². The van der Waals surface area contributed by atoms with Gasteiger partial charge >= 0.3 is 5.69 Å². The maximum atomic E-state index is 11.8. The molecule has 0 bridgehead atoms. The molecule has 1 unspecified atom stereocenters. The van der Waals surface area contributed by atoms with Crippen molar-refractivity contribution in [1.29, 1.82) is 0 Å². The first-order valence-corrected chi connectivity index (χ1v) is 9.82. The Morgan fingerprint density at radius 2 is 2.17 bits per heavy atom. The van der Waals surface area contributed by atoms with Crippen molar-refractivity contribution in [2.75, 3.05) is 37.8 Å². The molecular formula is C15H21N3O5S.